The predicted octanol–water partition coefficient (Wildman–Crippen LogP) is 0.514. The highest BCUT2D eigenvalue weighted by Crippen LogP contribution is 2.14. The normalized spacial score (nSPS) is 11.9. The SMILES string of the molecule is CN(C)CCCNC(=O)CN(C)S(=O)(=O)c1ccc(F)cc1. The van der Waals surface area contributed by atoms with Gasteiger partial charge in [-0.3, -0.25) is 4.79 Å². The number of nitrogens with zero attached hydrogens (tertiary/aromatic N) is 2. The minimum atomic E-state index is -3.80. The van der Waals surface area contributed by atoms with Gasteiger partial charge in [0.2, 0.25) is 15.9 Å². The average molecular weight is 331 g/mol. The fraction of sp³-hybridized carbons (Fsp3) is 0.500. The van der Waals surface area contributed by atoms with Crippen LogP contribution in [-0.2, 0) is 14.8 Å². The van der Waals surface area contributed by atoms with Crippen molar-refractivity contribution in [2.24, 2.45) is 0 Å². The van der Waals surface area contributed by atoms with Crippen LogP contribution in [0, 0.1) is 5.82 Å². The van der Waals surface area contributed by atoms with E-state index in [-0.39, 0.29) is 17.3 Å². The summed E-state index contributed by atoms with van der Waals surface area (Å²) in [4.78, 5) is 13.7. The summed E-state index contributed by atoms with van der Waals surface area (Å²) in [6, 6.07) is 4.50. The van der Waals surface area contributed by atoms with Gasteiger partial charge in [0.1, 0.15) is 5.82 Å². The molecule has 0 fully saturated rings. The fourth-order valence-electron chi connectivity index (χ4n) is 1.75. The number of carbonyl (C=O) groups excluding carboxylic acids is 1. The molecule has 0 aliphatic rings. The third-order valence-electron chi connectivity index (χ3n) is 2.99. The number of likely N-dealkylation sites (N-methyl/N-ethyl adjacent to an activating group) is 1. The molecule has 1 aromatic rings. The van der Waals surface area contributed by atoms with E-state index >= 15 is 0 Å². The highest BCUT2D eigenvalue weighted by atomic mass is 32.2. The van der Waals surface area contributed by atoms with Gasteiger partial charge in [-0.15, -0.1) is 0 Å². The minimum Gasteiger partial charge on any atom is -0.355 e. The lowest BCUT2D eigenvalue weighted by molar-refractivity contribution is -0.121. The monoisotopic (exact) mass is 331 g/mol. The molecule has 0 heterocycles. The zero-order valence-electron chi connectivity index (χ0n) is 13.0. The largest absolute Gasteiger partial charge is 0.355 e. The summed E-state index contributed by atoms with van der Waals surface area (Å²) in [6.45, 7) is 1.05. The van der Waals surface area contributed by atoms with Gasteiger partial charge in [-0.25, -0.2) is 12.8 Å². The van der Waals surface area contributed by atoms with Gasteiger partial charge < -0.3 is 10.2 Å². The van der Waals surface area contributed by atoms with E-state index in [1.165, 1.54) is 19.2 Å². The average Bonchev–Trinajstić information content (AvgIpc) is 2.43. The molecular formula is C14H22FN3O3S. The number of sulfonamides is 1. The molecule has 0 aromatic heterocycles. The predicted molar refractivity (Wildman–Crippen MR) is 82.4 cm³/mol. The first-order valence-corrected chi connectivity index (χ1v) is 8.31. The summed E-state index contributed by atoms with van der Waals surface area (Å²) in [5.74, 6) is -0.882. The molecule has 1 aromatic carbocycles. The van der Waals surface area contributed by atoms with Crippen LogP contribution in [0.25, 0.3) is 0 Å². The highest BCUT2D eigenvalue weighted by molar-refractivity contribution is 7.89. The Bertz CT molecular complexity index is 588. The van der Waals surface area contributed by atoms with E-state index in [1.807, 2.05) is 19.0 Å². The third-order valence-corrected chi connectivity index (χ3v) is 4.81. The molecule has 6 nitrogen and oxygen atoms in total. The van der Waals surface area contributed by atoms with Gasteiger partial charge in [-0.05, 0) is 51.3 Å². The Hall–Kier alpha value is -1.51. The van der Waals surface area contributed by atoms with E-state index in [0.29, 0.717) is 6.54 Å². The molecule has 0 atom stereocenters. The number of carbonyl (C=O) groups is 1. The molecule has 0 bridgehead atoms. The highest BCUT2D eigenvalue weighted by Gasteiger charge is 2.22. The first-order chi connectivity index (χ1) is 10.2. The third kappa shape index (κ3) is 5.70. The van der Waals surface area contributed by atoms with Crippen LogP contribution in [0.3, 0.4) is 0 Å². The molecule has 1 amide bonds. The summed E-state index contributed by atoms with van der Waals surface area (Å²) in [6.07, 6.45) is 0.785. The van der Waals surface area contributed by atoms with Gasteiger partial charge in [-0.1, -0.05) is 0 Å². The maximum atomic E-state index is 12.8. The maximum Gasteiger partial charge on any atom is 0.243 e. The van der Waals surface area contributed by atoms with Crippen LogP contribution in [0.4, 0.5) is 4.39 Å². The molecule has 0 aliphatic carbocycles. The summed E-state index contributed by atoms with van der Waals surface area (Å²) in [5.41, 5.74) is 0. The van der Waals surface area contributed by atoms with Crippen molar-refractivity contribution in [3.63, 3.8) is 0 Å². The Morgan fingerprint density at radius 1 is 1.18 bits per heavy atom. The molecule has 1 N–H and O–H groups in total. The van der Waals surface area contributed by atoms with Crippen LogP contribution in [0.15, 0.2) is 29.2 Å². The van der Waals surface area contributed by atoms with Crippen molar-refractivity contribution < 1.29 is 17.6 Å². The number of amides is 1. The standard InChI is InChI=1S/C14H22FN3O3S/c1-17(2)10-4-9-16-14(19)11-18(3)22(20,21)13-7-5-12(15)6-8-13/h5-8H,4,9-11H2,1-3H3,(H,16,19). The second-order valence-electron chi connectivity index (χ2n) is 5.22. The van der Waals surface area contributed by atoms with Crippen molar-refractivity contribution in [2.75, 3.05) is 40.8 Å². The number of hydrogen-bond acceptors (Lipinski definition) is 4. The van der Waals surface area contributed by atoms with Crippen molar-refractivity contribution in [1.82, 2.24) is 14.5 Å². The first kappa shape index (κ1) is 18.5. The molecule has 124 valence electrons. The van der Waals surface area contributed by atoms with Crippen LogP contribution in [0.5, 0.6) is 0 Å². The molecule has 0 unspecified atom stereocenters. The lowest BCUT2D eigenvalue weighted by atomic mass is 10.4. The van der Waals surface area contributed by atoms with Crippen molar-refractivity contribution in [2.45, 2.75) is 11.3 Å². The smallest absolute Gasteiger partial charge is 0.243 e. The molecule has 0 saturated heterocycles. The second-order valence-corrected chi connectivity index (χ2v) is 7.27. The van der Waals surface area contributed by atoms with Crippen molar-refractivity contribution in [1.29, 1.82) is 0 Å². The van der Waals surface area contributed by atoms with E-state index in [1.54, 1.807) is 0 Å². The zero-order chi connectivity index (χ0) is 16.8. The number of halogens is 1. The first-order valence-electron chi connectivity index (χ1n) is 6.87. The van der Waals surface area contributed by atoms with Gasteiger partial charge in [0.05, 0.1) is 11.4 Å². The minimum absolute atomic E-state index is 0.0446. The molecule has 22 heavy (non-hydrogen) atoms. The van der Waals surface area contributed by atoms with E-state index in [0.717, 1.165) is 29.4 Å². The number of hydrogen-bond donors (Lipinski definition) is 1. The quantitative estimate of drug-likeness (QED) is 0.705. The molecule has 0 radical (unpaired) electrons. The Kier molecular flexibility index (Phi) is 6.92. The molecule has 0 saturated carbocycles. The summed E-state index contributed by atoms with van der Waals surface area (Å²) in [7, 11) is 1.39. The zero-order valence-corrected chi connectivity index (χ0v) is 13.9. The van der Waals surface area contributed by atoms with E-state index < -0.39 is 15.8 Å². The van der Waals surface area contributed by atoms with Crippen molar-refractivity contribution in [3.05, 3.63) is 30.1 Å². The lowest BCUT2D eigenvalue weighted by Gasteiger charge is -2.17. The van der Waals surface area contributed by atoms with Crippen LogP contribution in [-0.4, -0.2) is 64.3 Å². The molecule has 0 spiro atoms. The molecule has 1 rings (SSSR count). The Morgan fingerprint density at radius 3 is 2.32 bits per heavy atom. The molecular weight excluding hydrogens is 309 g/mol. The lowest BCUT2D eigenvalue weighted by Crippen LogP contribution is -2.39. The summed E-state index contributed by atoms with van der Waals surface area (Å²) < 4.78 is 38.2. The van der Waals surface area contributed by atoms with Crippen LogP contribution in [0.1, 0.15) is 6.42 Å². The van der Waals surface area contributed by atoms with E-state index in [2.05, 4.69) is 5.32 Å². The maximum absolute atomic E-state index is 12.8. The second kappa shape index (κ2) is 8.21. The topological polar surface area (TPSA) is 69.7 Å². The fourth-order valence-corrected chi connectivity index (χ4v) is 2.88. The summed E-state index contributed by atoms with van der Waals surface area (Å²) in [5, 5.41) is 2.67. The number of rotatable bonds is 8. The Labute approximate surface area is 131 Å². The summed E-state index contributed by atoms with van der Waals surface area (Å²) >= 11 is 0. The van der Waals surface area contributed by atoms with Gasteiger partial charge in [0, 0.05) is 13.6 Å². The molecule has 8 heteroatoms. The van der Waals surface area contributed by atoms with Crippen LogP contribution >= 0.6 is 0 Å². The van der Waals surface area contributed by atoms with E-state index in [9.17, 15) is 17.6 Å². The van der Waals surface area contributed by atoms with Gasteiger partial charge in [0.25, 0.3) is 0 Å². The van der Waals surface area contributed by atoms with E-state index in [4.69, 9.17) is 0 Å². The Morgan fingerprint density at radius 2 is 1.77 bits per heavy atom. The van der Waals surface area contributed by atoms with Crippen LogP contribution < -0.4 is 5.32 Å². The Balaban J connectivity index is 2.54. The van der Waals surface area contributed by atoms with Gasteiger partial charge in [0.15, 0.2) is 0 Å². The van der Waals surface area contributed by atoms with Gasteiger partial charge >= 0.3 is 0 Å². The number of nitrogens with one attached hydrogen (secondary N) is 1. The number of benzene rings is 1. The van der Waals surface area contributed by atoms with Crippen molar-refractivity contribution in [3.8, 4) is 0 Å². The van der Waals surface area contributed by atoms with Crippen LogP contribution in [0.2, 0.25) is 0 Å². The molecule has 0 aliphatic heterocycles. The van der Waals surface area contributed by atoms with Crippen molar-refractivity contribution >= 4 is 15.9 Å². The van der Waals surface area contributed by atoms with Gasteiger partial charge in [-0.2, -0.15) is 4.31 Å².